The van der Waals surface area contributed by atoms with Crippen LogP contribution in [-0.2, 0) is 5.41 Å². The maximum atomic E-state index is 5.80. The van der Waals surface area contributed by atoms with Crippen molar-refractivity contribution in [3.05, 3.63) is 46.2 Å². The third kappa shape index (κ3) is 3.53. The predicted molar refractivity (Wildman–Crippen MR) is 79.7 cm³/mol. The summed E-state index contributed by atoms with van der Waals surface area (Å²) in [6.45, 7) is 8.57. The molecule has 2 aromatic rings. The summed E-state index contributed by atoms with van der Waals surface area (Å²) in [5.41, 5.74) is 2.38. The highest BCUT2D eigenvalue weighted by atomic mass is 79.9. The highest BCUT2D eigenvalue weighted by Gasteiger charge is 2.20. The summed E-state index contributed by atoms with van der Waals surface area (Å²) in [5.74, 6) is 0.806. The Balaban J connectivity index is 2.37. The molecule has 0 N–H and O–H groups in total. The fourth-order valence-electron chi connectivity index (χ4n) is 1.77. The second kappa shape index (κ2) is 5.29. The number of aryl methyl sites for hydroxylation is 1. The second-order valence-corrected chi connectivity index (χ2v) is 6.45. The van der Waals surface area contributed by atoms with Crippen LogP contribution in [0.2, 0.25) is 0 Å². The molecule has 1 aromatic heterocycles. The van der Waals surface area contributed by atoms with Gasteiger partial charge >= 0.3 is 6.01 Å². The summed E-state index contributed by atoms with van der Waals surface area (Å²) in [6, 6.07) is 6.51. The number of nitrogens with zero attached hydrogens (tertiary/aromatic N) is 2. The van der Waals surface area contributed by atoms with E-state index >= 15 is 0 Å². The molecule has 0 aliphatic heterocycles. The lowest BCUT2D eigenvalue weighted by Crippen LogP contribution is -2.13. The minimum atomic E-state index is 0.0106. The van der Waals surface area contributed by atoms with Crippen molar-refractivity contribution in [2.45, 2.75) is 33.1 Å². The summed E-state index contributed by atoms with van der Waals surface area (Å²) >= 11 is 3.31. The van der Waals surface area contributed by atoms with Gasteiger partial charge in [-0.15, -0.1) is 0 Å². The zero-order valence-corrected chi connectivity index (χ0v) is 13.2. The molecule has 0 radical (unpaired) electrons. The minimum absolute atomic E-state index is 0.0106. The zero-order chi connectivity index (χ0) is 14.0. The predicted octanol–water partition coefficient (Wildman–Crippen LogP) is 4.64. The Morgan fingerprint density at radius 2 is 1.74 bits per heavy atom. The molecule has 0 aliphatic rings. The monoisotopic (exact) mass is 320 g/mol. The third-order valence-electron chi connectivity index (χ3n) is 2.74. The maximum absolute atomic E-state index is 5.80. The average molecular weight is 321 g/mol. The molecular formula is C15H17BrN2O. The van der Waals surface area contributed by atoms with Crippen LogP contribution in [0.15, 0.2) is 35.1 Å². The topological polar surface area (TPSA) is 35.0 Å². The number of hydrogen-bond acceptors (Lipinski definition) is 3. The second-order valence-electron chi connectivity index (χ2n) is 5.54. The van der Waals surface area contributed by atoms with Crippen LogP contribution in [0.4, 0.5) is 0 Å². The van der Waals surface area contributed by atoms with E-state index in [1.165, 1.54) is 5.56 Å². The summed E-state index contributed by atoms with van der Waals surface area (Å²) in [7, 11) is 0. The van der Waals surface area contributed by atoms with Crippen LogP contribution in [0.5, 0.6) is 11.8 Å². The molecule has 3 nitrogen and oxygen atoms in total. The Kier molecular flexibility index (Phi) is 3.90. The van der Waals surface area contributed by atoms with Crippen molar-refractivity contribution in [3.8, 4) is 11.8 Å². The fourth-order valence-corrected chi connectivity index (χ4v) is 1.98. The lowest BCUT2D eigenvalue weighted by molar-refractivity contribution is 0.422. The third-order valence-corrected chi connectivity index (χ3v) is 3.15. The molecule has 100 valence electrons. The molecule has 0 bridgehead atoms. The van der Waals surface area contributed by atoms with Crippen LogP contribution in [-0.4, -0.2) is 9.97 Å². The summed E-state index contributed by atoms with van der Waals surface area (Å²) in [4.78, 5) is 8.28. The van der Waals surface area contributed by atoms with Gasteiger partial charge in [-0.2, -0.15) is 0 Å². The molecule has 0 amide bonds. The first-order valence-corrected chi connectivity index (χ1v) is 6.92. The van der Waals surface area contributed by atoms with Gasteiger partial charge in [-0.05, 0) is 34.3 Å². The fraction of sp³-hybridized carbons (Fsp3) is 0.333. The molecule has 0 spiro atoms. The van der Waals surface area contributed by atoms with Crippen LogP contribution in [0.1, 0.15) is 31.9 Å². The first kappa shape index (κ1) is 14.0. The maximum Gasteiger partial charge on any atom is 0.321 e. The Morgan fingerprint density at radius 1 is 1.11 bits per heavy atom. The lowest BCUT2D eigenvalue weighted by Gasteiger charge is -2.22. The van der Waals surface area contributed by atoms with Crippen molar-refractivity contribution in [2.24, 2.45) is 0 Å². The van der Waals surface area contributed by atoms with Crippen molar-refractivity contribution in [2.75, 3.05) is 0 Å². The number of ether oxygens (including phenoxy) is 1. The molecule has 2 rings (SSSR count). The molecule has 0 saturated carbocycles. The van der Waals surface area contributed by atoms with Crippen LogP contribution in [0.3, 0.4) is 0 Å². The van der Waals surface area contributed by atoms with Gasteiger partial charge in [0.05, 0.1) is 4.47 Å². The number of halogens is 1. The number of aromatic nitrogens is 2. The summed E-state index contributed by atoms with van der Waals surface area (Å²) in [6.07, 6.45) is 3.35. The van der Waals surface area contributed by atoms with Crippen LogP contribution >= 0.6 is 15.9 Å². The molecule has 0 fully saturated rings. The van der Waals surface area contributed by atoms with Crippen LogP contribution < -0.4 is 4.74 Å². The van der Waals surface area contributed by atoms with E-state index in [0.717, 1.165) is 15.8 Å². The molecule has 4 heteroatoms. The molecular weight excluding hydrogens is 304 g/mol. The Bertz CT molecular complexity index is 574. The zero-order valence-electron chi connectivity index (χ0n) is 11.6. The van der Waals surface area contributed by atoms with Crippen molar-refractivity contribution >= 4 is 15.9 Å². The molecule has 0 aliphatic carbocycles. The Labute approximate surface area is 122 Å². The molecule has 0 unspecified atom stereocenters. The molecule has 1 aromatic carbocycles. The quantitative estimate of drug-likeness (QED) is 0.808. The molecule has 1 heterocycles. The van der Waals surface area contributed by atoms with Gasteiger partial charge in [0.15, 0.2) is 0 Å². The Hall–Kier alpha value is -1.42. The van der Waals surface area contributed by atoms with Gasteiger partial charge in [0.25, 0.3) is 0 Å². The van der Waals surface area contributed by atoms with E-state index in [2.05, 4.69) is 59.7 Å². The van der Waals surface area contributed by atoms with Crippen molar-refractivity contribution in [1.29, 1.82) is 0 Å². The van der Waals surface area contributed by atoms with E-state index in [-0.39, 0.29) is 5.41 Å². The SMILES string of the molecule is Cc1ccc(Oc2ncc(Br)cn2)c(C(C)(C)C)c1. The highest BCUT2D eigenvalue weighted by molar-refractivity contribution is 9.10. The van der Waals surface area contributed by atoms with E-state index < -0.39 is 0 Å². The highest BCUT2D eigenvalue weighted by Crippen LogP contribution is 2.33. The smallest absolute Gasteiger partial charge is 0.321 e. The number of rotatable bonds is 2. The average Bonchev–Trinajstić information content (AvgIpc) is 2.33. The van der Waals surface area contributed by atoms with Crippen molar-refractivity contribution in [1.82, 2.24) is 9.97 Å². The van der Waals surface area contributed by atoms with E-state index in [1.807, 2.05) is 12.1 Å². The minimum Gasteiger partial charge on any atom is -0.424 e. The van der Waals surface area contributed by atoms with Gasteiger partial charge in [0.1, 0.15) is 5.75 Å². The number of hydrogen-bond donors (Lipinski definition) is 0. The normalized spacial score (nSPS) is 11.4. The van der Waals surface area contributed by atoms with Gasteiger partial charge in [0, 0.05) is 18.0 Å². The van der Waals surface area contributed by atoms with Crippen molar-refractivity contribution in [3.63, 3.8) is 0 Å². The van der Waals surface area contributed by atoms with Gasteiger partial charge in [-0.1, -0.05) is 38.5 Å². The number of benzene rings is 1. The van der Waals surface area contributed by atoms with Gasteiger partial charge in [0.2, 0.25) is 0 Å². The molecule has 0 atom stereocenters. The standard InChI is InChI=1S/C15H17BrN2O/c1-10-5-6-13(12(7-10)15(2,3)4)19-14-17-8-11(16)9-18-14/h5-9H,1-4H3. The van der Waals surface area contributed by atoms with Gasteiger partial charge in [-0.25, -0.2) is 9.97 Å². The first-order chi connectivity index (χ1) is 8.86. The lowest BCUT2D eigenvalue weighted by atomic mass is 9.85. The summed E-state index contributed by atoms with van der Waals surface area (Å²) in [5, 5.41) is 0. The van der Waals surface area contributed by atoms with E-state index in [9.17, 15) is 0 Å². The van der Waals surface area contributed by atoms with E-state index in [1.54, 1.807) is 12.4 Å². The van der Waals surface area contributed by atoms with Gasteiger partial charge < -0.3 is 4.74 Å². The van der Waals surface area contributed by atoms with E-state index in [4.69, 9.17) is 4.74 Å². The van der Waals surface area contributed by atoms with Crippen LogP contribution in [0, 0.1) is 6.92 Å². The molecule has 19 heavy (non-hydrogen) atoms. The Morgan fingerprint density at radius 3 is 2.32 bits per heavy atom. The van der Waals surface area contributed by atoms with Crippen molar-refractivity contribution < 1.29 is 4.74 Å². The molecule has 0 saturated heterocycles. The first-order valence-electron chi connectivity index (χ1n) is 6.13. The summed E-state index contributed by atoms with van der Waals surface area (Å²) < 4.78 is 6.64. The van der Waals surface area contributed by atoms with E-state index in [0.29, 0.717) is 6.01 Å². The van der Waals surface area contributed by atoms with Crippen LogP contribution in [0.25, 0.3) is 0 Å². The largest absolute Gasteiger partial charge is 0.424 e. The van der Waals surface area contributed by atoms with Gasteiger partial charge in [-0.3, -0.25) is 0 Å².